The summed E-state index contributed by atoms with van der Waals surface area (Å²) in [5.41, 5.74) is 2.54. The number of hydrogen-bond donors (Lipinski definition) is 1. The van der Waals surface area contributed by atoms with Crippen LogP contribution in [0.25, 0.3) is 11.0 Å². The number of aromatic nitrogens is 2. The minimum atomic E-state index is 0.0320. The van der Waals surface area contributed by atoms with Crippen LogP contribution in [0.1, 0.15) is 23.1 Å². The van der Waals surface area contributed by atoms with Gasteiger partial charge in [-0.15, -0.1) is 0 Å². The average molecular weight is 394 g/mol. The van der Waals surface area contributed by atoms with E-state index in [1.807, 2.05) is 54.3 Å². The van der Waals surface area contributed by atoms with Gasteiger partial charge >= 0.3 is 0 Å². The number of benzene rings is 2. The molecule has 0 spiro atoms. The number of nitrogens with zero attached hydrogens (tertiary/aromatic N) is 3. The van der Waals surface area contributed by atoms with E-state index in [0.29, 0.717) is 31.0 Å². The summed E-state index contributed by atoms with van der Waals surface area (Å²) >= 11 is 0. The van der Waals surface area contributed by atoms with Crippen LogP contribution in [0.4, 0.5) is 0 Å². The fourth-order valence-electron chi connectivity index (χ4n) is 3.66. The molecule has 2 aromatic carbocycles. The normalized spacial score (nSPS) is 14.9. The molecule has 3 aromatic rings. The van der Waals surface area contributed by atoms with Crippen LogP contribution in [0.3, 0.4) is 0 Å². The van der Waals surface area contributed by atoms with E-state index >= 15 is 0 Å². The van der Waals surface area contributed by atoms with Crippen molar-refractivity contribution in [3.8, 4) is 11.5 Å². The Kier molecular flexibility index (Phi) is 5.67. The first-order chi connectivity index (χ1) is 14.2. The number of H-pyrrole nitrogens is 1. The van der Waals surface area contributed by atoms with Gasteiger partial charge in [-0.05, 0) is 31.2 Å². The molecule has 1 aromatic heterocycles. The van der Waals surface area contributed by atoms with Crippen LogP contribution in [-0.2, 0) is 6.54 Å². The first-order valence-electron chi connectivity index (χ1n) is 9.94. The second-order valence-electron chi connectivity index (χ2n) is 7.06. The van der Waals surface area contributed by atoms with Gasteiger partial charge in [0, 0.05) is 32.2 Å². The number of carbonyl (C=O) groups is 1. The van der Waals surface area contributed by atoms with E-state index in [-0.39, 0.29) is 5.91 Å². The zero-order valence-electron chi connectivity index (χ0n) is 16.9. The van der Waals surface area contributed by atoms with Crippen LogP contribution >= 0.6 is 0 Å². The van der Waals surface area contributed by atoms with Crippen molar-refractivity contribution in [3.63, 3.8) is 0 Å². The number of rotatable bonds is 6. The number of methoxy groups -OCH3 is 1. The maximum atomic E-state index is 12.9. The van der Waals surface area contributed by atoms with E-state index in [1.165, 1.54) is 0 Å². The van der Waals surface area contributed by atoms with Gasteiger partial charge in [-0.25, -0.2) is 4.98 Å². The number of fused-ring (bicyclic) bond motifs is 1. The zero-order chi connectivity index (χ0) is 20.2. The number of carbonyl (C=O) groups excluding carboxylic acids is 1. The average Bonchev–Trinajstić information content (AvgIpc) is 3.15. The van der Waals surface area contributed by atoms with E-state index in [4.69, 9.17) is 9.47 Å². The molecule has 7 nitrogen and oxygen atoms in total. The Balaban J connectivity index is 1.38. The molecule has 0 saturated carbocycles. The number of hydrogen-bond acceptors (Lipinski definition) is 5. The summed E-state index contributed by atoms with van der Waals surface area (Å²) in [4.78, 5) is 25.2. The van der Waals surface area contributed by atoms with Crippen molar-refractivity contribution in [2.24, 2.45) is 0 Å². The third kappa shape index (κ3) is 4.19. The number of aromatic amines is 1. The Morgan fingerprint density at radius 1 is 1.14 bits per heavy atom. The second-order valence-corrected chi connectivity index (χ2v) is 7.06. The number of amides is 1. The molecule has 152 valence electrons. The minimum Gasteiger partial charge on any atom is -0.497 e. The Morgan fingerprint density at radius 3 is 2.69 bits per heavy atom. The molecule has 4 rings (SSSR count). The molecule has 0 unspecified atom stereocenters. The Hall–Kier alpha value is -3.06. The third-order valence-electron chi connectivity index (χ3n) is 5.19. The molecule has 1 fully saturated rings. The maximum absolute atomic E-state index is 12.9. The molecule has 0 bridgehead atoms. The molecular formula is C22H26N4O3. The van der Waals surface area contributed by atoms with Crippen molar-refractivity contribution in [1.82, 2.24) is 19.8 Å². The van der Waals surface area contributed by atoms with E-state index < -0.39 is 0 Å². The number of para-hydroxylation sites is 1. The quantitative estimate of drug-likeness (QED) is 0.696. The summed E-state index contributed by atoms with van der Waals surface area (Å²) < 4.78 is 10.9. The summed E-state index contributed by atoms with van der Waals surface area (Å²) in [6.07, 6.45) is 0. The molecule has 1 N–H and O–H groups in total. The molecule has 1 amide bonds. The second kappa shape index (κ2) is 8.53. The van der Waals surface area contributed by atoms with Gasteiger partial charge in [-0.1, -0.05) is 12.1 Å². The molecule has 0 radical (unpaired) electrons. The molecule has 7 heteroatoms. The van der Waals surface area contributed by atoms with Gasteiger partial charge in [-0.2, -0.15) is 0 Å². The van der Waals surface area contributed by atoms with Crippen LogP contribution in [0.2, 0.25) is 0 Å². The van der Waals surface area contributed by atoms with Crippen molar-refractivity contribution in [2.75, 3.05) is 39.9 Å². The molecule has 0 aliphatic carbocycles. The molecular weight excluding hydrogens is 368 g/mol. The monoisotopic (exact) mass is 394 g/mol. The highest BCUT2D eigenvalue weighted by atomic mass is 16.5. The third-order valence-corrected chi connectivity index (χ3v) is 5.19. The predicted molar refractivity (Wildman–Crippen MR) is 111 cm³/mol. The SMILES string of the molecule is CCOc1ccccc1C(=O)N1CCN(Cc2nc3ccc(OC)cc3[nH]2)CC1. The predicted octanol–water partition coefficient (Wildman–Crippen LogP) is 2.93. The molecule has 0 atom stereocenters. The topological polar surface area (TPSA) is 70.7 Å². The number of nitrogens with one attached hydrogen (secondary N) is 1. The lowest BCUT2D eigenvalue weighted by molar-refractivity contribution is 0.0622. The number of imidazole rings is 1. The molecule has 2 heterocycles. The summed E-state index contributed by atoms with van der Waals surface area (Å²) in [6.45, 7) is 6.19. The molecule has 1 aliphatic rings. The summed E-state index contributed by atoms with van der Waals surface area (Å²) in [7, 11) is 1.66. The van der Waals surface area contributed by atoms with Gasteiger partial charge < -0.3 is 19.4 Å². The van der Waals surface area contributed by atoms with Crippen molar-refractivity contribution >= 4 is 16.9 Å². The van der Waals surface area contributed by atoms with E-state index in [1.54, 1.807) is 7.11 Å². The smallest absolute Gasteiger partial charge is 0.257 e. The van der Waals surface area contributed by atoms with E-state index in [9.17, 15) is 4.79 Å². The highest BCUT2D eigenvalue weighted by molar-refractivity contribution is 5.97. The van der Waals surface area contributed by atoms with Crippen LogP contribution in [0, 0.1) is 0 Å². The zero-order valence-corrected chi connectivity index (χ0v) is 16.9. The fraction of sp³-hybridized carbons (Fsp3) is 0.364. The first-order valence-corrected chi connectivity index (χ1v) is 9.94. The van der Waals surface area contributed by atoms with Gasteiger partial charge in [0.2, 0.25) is 0 Å². The molecule has 29 heavy (non-hydrogen) atoms. The van der Waals surface area contributed by atoms with Crippen LogP contribution in [0.15, 0.2) is 42.5 Å². The molecule has 1 saturated heterocycles. The minimum absolute atomic E-state index is 0.0320. The summed E-state index contributed by atoms with van der Waals surface area (Å²) in [5, 5.41) is 0. The highest BCUT2D eigenvalue weighted by Crippen LogP contribution is 2.22. The van der Waals surface area contributed by atoms with Gasteiger partial charge in [0.25, 0.3) is 5.91 Å². The summed E-state index contributed by atoms with van der Waals surface area (Å²) in [6, 6.07) is 13.3. The van der Waals surface area contributed by atoms with Crippen LogP contribution in [0.5, 0.6) is 11.5 Å². The van der Waals surface area contributed by atoms with Gasteiger partial charge in [0.1, 0.15) is 17.3 Å². The van der Waals surface area contributed by atoms with Crippen molar-refractivity contribution in [1.29, 1.82) is 0 Å². The highest BCUT2D eigenvalue weighted by Gasteiger charge is 2.24. The fourth-order valence-corrected chi connectivity index (χ4v) is 3.66. The van der Waals surface area contributed by atoms with E-state index in [0.717, 1.165) is 42.2 Å². The standard InChI is InChI=1S/C22H26N4O3/c1-3-29-20-7-5-4-6-17(20)22(27)26-12-10-25(11-13-26)15-21-23-18-9-8-16(28-2)14-19(18)24-21/h4-9,14H,3,10-13,15H2,1-2H3,(H,23,24). The van der Waals surface area contributed by atoms with Gasteiger partial charge in [0.05, 0.1) is 36.9 Å². The Labute approximate surface area is 170 Å². The maximum Gasteiger partial charge on any atom is 0.257 e. The number of ether oxygens (including phenoxy) is 2. The Bertz CT molecular complexity index is 993. The lowest BCUT2D eigenvalue weighted by Gasteiger charge is -2.34. The van der Waals surface area contributed by atoms with E-state index in [2.05, 4.69) is 14.9 Å². The van der Waals surface area contributed by atoms with Crippen molar-refractivity contribution in [2.45, 2.75) is 13.5 Å². The molecule has 1 aliphatic heterocycles. The Morgan fingerprint density at radius 2 is 1.93 bits per heavy atom. The first kappa shape index (κ1) is 19.3. The number of piperazine rings is 1. The lowest BCUT2D eigenvalue weighted by atomic mass is 10.1. The van der Waals surface area contributed by atoms with Crippen LogP contribution < -0.4 is 9.47 Å². The largest absolute Gasteiger partial charge is 0.497 e. The van der Waals surface area contributed by atoms with Gasteiger partial charge in [-0.3, -0.25) is 9.69 Å². The van der Waals surface area contributed by atoms with Crippen molar-refractivity contribution < 1.29 is 14.3 Å². The van der Waals surface area contributed by atoms with Crippen molar-refractivity contribution in [3.05, 3.63) is 53.9 Å². The lowest BCUT2D eigenvalue weighted by Crippen LogP contribution is -2.48. The van der Waals surface area contributed by atoms with Gasteiger partial charge in [0.15, 0.2) is 0 Å². The van der Waals surface area contributed by atoms with Crippen LogP contribution in [-0.4, -0.2) is 65.6 Å². The summed E-state index contributed by atoms with van der Waals surface area (Å²) in [5.74, 6) is 2.42.